The van der Waals surface area contributed by atoms with Gasteiger partial charge in [0, 0.05) is 18.8 Å². The van der Waals surface area contributed by atoms with Crippen molar-refractivity contribution in [1.82, 2.24) is 14.6 Å². The topological polar surface area (TPSA) is 76.8 Å². The van der Waals surface area contributed by atoms with Gasteiger partial charge in [0.2, 0.25) is 15.3 Å². The maximum absolute atomic E-state index is 11.8. The molecule has 0 aliphatic carbocycles. The van der Waals surface area contributed by atoms with E-state index in [1.807, 2.05) is 12.1 Å². The van der Waals surface area contributed by atoms with Crippen molar-refractivity contribution in [3.63, 3.8) is 0 Å². The quantitative estimate of drug-likeness (QED) is 0.692. The van der Waals surface area contributed by atoms with E-state index in [0.29, 0.717) is 17.1 Å². The fourth-order valence-electron chi connectivity index (χ4n) is 2.24. The van der Waals surface area contributed by atoms with E-state index in [-0.39, 0.29) is 11.9 Å². The first kappa shape index (κ1) is 16.5. The number of benzene rings is 1. The van der Waals surface area contributed by atoms with Gasteiger partial charge in [-0.15, -0.1) is 5.10 Å². The van der Waals surface area contributed by atoms with E-state index in [2.05, 4.69) is 10.1 Å². The number of ether oxygens (including phenoxy) is 1. The molecule has 24 heavy (non-hydrogen) atoms. The van der Waals surface area contributed by atoms with E-state index >= 15 is 0 Å². The van der Waals surface area contributed by atoms with Crippen LogP contribution in [0.4, 0.5) is 5.69 Å². The molecule has 0 fully saturated rings. The number of nitrogens with zero attached hydrogens (tertiary/aromatic N) is 4. The Bertz CT molecular complexity index is 987. The number of hydrogen-bond donors (Lipinski definition) is 0. The smallest absolute Gasteiger partial charge is 0.243 e. The zero-order valence-electron chi connectivity index (χ0n) is 13.0. The van der Waals surface area contributed by atoms with Gasteiger partial charge < -0.3 is 4.74 Å². The van der Waals surface area contributed by atoms with E-state index in [4.69, 9.17) is 16.3 Å². The summed E-state index contributed by atoms with van der Waals surface area (Å²) in [6.45, 7) is 0.181. The van der Waals surface area contributed by atoms with Crippen LogP contribution in [0.3, 0.4) is 0 Å². The summed E-state index contributed by atoms with van der Waals surface area (Å²) in [4.78, 5) is 4.11. The summed E-state index contributed by atoms with van der Waals surface area (Å²) in [7, 11) is -1.85. The zero-order chi connectivity index (χ0) is 17.3. The fraction of sp³-hybridized carbons (Fsp3) is 0.200. The predicted octanol–water partition coefficient (Wildman–Crippen LogP) is 2.36. The predicted molar refractivity (Wildman–Crippen MR) is 92.0 cm³/mol. The van der Waals surface area contributed by atoms with Crippen molar-refractivity contribution in [2.75, 3.05) is 17.6 Å². The van der Waals surface area contributed by atoms with Crippen LogP contribution in [0.2, 0.25) is 5.28 Å². The summed E-state index contributed by atoms with van der Waals surface area (Å²) in [6, 6.07) is 10.7. The second kappa shape index (κ2) is 6.29. The number of aromatic nitrogens is 3. The maximum atomic E-state index is 11.8. The van der Waals surface area contributed by atoms with Gasteiger partial charge in [-0.05, 0) is 29.8 Å². The molecule has 2 aromatic heterocycles. The molecule has 0 N–H and O–H groups in total. The molecule has 0 saturated heterocycles. The summed E-state index contributed by atoms with van der Waals surface area (Å²) in [5, 5.41) is 4.14. The van der Waals surface area contributed by atoms with Crippen LogP contribution in [-0.2, 0) is 16.6 Å². The molecular formula is C15H15ClN4O3S. The van der Waals surface area contributed by atoms with Crippen LogP contribution in [0.25, 0.3) is 5.65 Å². The van der Waals surface area contributed by atoms with Crippen LogP contribution in [0.15, 0.2) is 42.6 Å². The first-order valence-corrected chi connectivity index (χ1v) is 9.24. The van der Waals surface area contributed by atoms with Gasteiger partial charge in [0.05, 0.1) is 11.9 Å². The Kier molecular flexibility index (Phi) is 4.33. The van der Waals surface area contributed by atoms with E-state index in [0.717, 1.165) is 11.8 Å². The van der Waals surface area contributed by atoms with E-state index in [9.17, 15) is 8.42 Å². The van der Waals surface area contributed by atoms with E-state index in [1.165, 1.54) is 15.9 Å². The number of pyridine rings is 1. The normalized spacial score (nSPS) is 11.6. The van der Waals surface area contributed by atoms with Crippen molar-refractivity contribution in [3.05, 3.63) is 53.4 Å². The highest BCUT2D eigenvalue weighted by atomic mass is 35.5. The van der Waals surface area contributed by atoms with Crippen molar-refractivity contribution in [1.29, 1.82) is 0 Å². The van der Waals surface area contributed by atoms with Crippen molar-refractivity contribution in [3.8, 4) is 5.75 Å². The summed E-state index contributed by atoms with van der Waals surface area (Å²) < 4.78 is 32.1. The largest absolute Gasteiger partial charge is 0.485 e. The summed E-state index contributed by atoms with van der Waals surface area (Å²) in [6.07, 6.45) is 2.87. The Labute approximate surface area is 144 Å². The lowest BCUT2D eigenvalue weighted by atomic mass is 10.2. The van der Waals surface area contributed by atoms with E-state index in [1.54, 1.807) is 30.5 Å². The third-order valence-electron chi connectivity index (χ3n) is 3.51. The Morgan fingerprint density at radius 3 is 2.75 bits per heavy atom. The highest BCUT2D eigenvalue weighted by Crippen LogP contribution is 2.25. The molecular weight excluding hydrogens is 352 g/mol. The van der Waals surface area contributed by atoms with Crippen LogP contribution >= 0.6 is 11.6 Å². The molecule has 0 atom stereocenters. The van der Waals surface area contributed by atoms with Crippen molar-refractivity contribution in [2.24, 2.45) is 0 Å². The Morgan fingerprint density at radius 2 is 2.00 bits per heavy atom. The summed E-state index contributed by atoms with van der Waals surface area (Å²) in [5.41, 5.74) is 1.79. The lowest BCUT2D eigenvalue weighted by Gasteiger charge is -2.20. The number of para-hydroxylation sites is 1. The van der Waals surface area contributed by atoms with Crippen LogP contribution in [-0.4, -0.2) is 36.3 Å². The molecule has 3 rings (SSSR count). The van der Waals surface area contributed by atoms with Gasteiger partial charge in [0.15, 0.2) is 11.4 Å². The van der Waals surface area contributed by atoms with Gasteiger partial charge in [-0.3, -0.25) is 4.31 Å². The molecule has 0 amide bonds. The minimum Gasteiger partial charge on any atom is -0.485 e. The molecule has 126 valence electrons. The minimum atomic E-state index is -3.36. The zero-order valence-corrected chi connectivity index (χ0v) is 14.6. The Morgan fingerprint density at radius 1 is 1.25 bits per heavy atom. The molecule has 1 aromatic carbocycles. The molecule has 7 nitrogen and oxygen atoms in total. The molecule has 2 heterocycles. The lowest BCUT2D eigenvalue weighted by molar-refractivity contribution is 0.308. The number of sulfonamides is 1. The second-order valence-corrected chi connectivity index (χ2v) is 7.52. The van der Waals surface area contributed by atoms with Gasteiger partial charge in [0.25, 0.3) is 0 Å². The van der Waals surface area contributed by atoms with Gasteiger partial charge >= 0.3 is 0 Å². The summed E-state index contributed by atoms with van der Waals surface area (Å²) in [5.74, 6) is 0.508. The number of anilines is 1. The van der Waals surface area contributed by atoms with Gasteiger partial charge in [-0.25, -0.2) is 12.9 Å². The van der Waals surface area contributed by atoms with Crippen LogP contribution < -0.4 is 9.04 Å². The van der Waals surface area contributed by atoms with Gasteiger partial charge in [0.1, 0.15) is 6.61 Å². The van der Waals surface area contributed by atoms with E-state index < -0.39 is 10.0 Å². The minimum absolute atomic E-state index is 0.128. The maximum Gasteiger partial charge on any atom is 0.243 e. The third kappa shape index (κ3) is 3.29. The lowest BCUT2D eigenvalue weighted by Crippen LogP contribution is -2.26. The molecule has 0 radical (unpaired) electrons. The van der Waals surface area contributed by atoms with Gasteiger partial charge in [-0.1, -0.05) is 18.2 Å². The average Bonchev–Trinajstić information content (AvgIpc) is 2.92. The Hall–Kier alpha value is -2.32. The standard InChI is InChI=1S/C15H15ClN4O3S/c1-19(24(2,21)22)12-7-4-3-6-11(12)10-23-13-8-5-9-20-14(13)17-15(16)18-20/h3-9H,10H2,1-2H3. The number of fused-ring (bicyclic) bond motifs is 1. The van der Waals surface area contributed by atoms with Crippen molar-refractivity contribution < 1.29 is 13.2 Å². The molecule has 3 aromatic rings. The first-order chi connectivity index (χ1) is 11.4. The number of halogens is 1. The molecule has 0 spiro atoms. The number of rotatable bonds is 5. The van der Waals surface area contributed by atoms with Crippen LogP contribution in [0, 0.1) is 0 Å². The highest BCUT2D eigenvalue weighted by molar-refractivity contribution is 7.92. The monoisotopic (exact) mass is 366 g/mol. The van der Waals surface area contributed by atoms with Crippen LogP contribution in [0.5, 0.6) is 5.75 Å². The fourth-order valence-corrected chi connectivity index (χ4v) is 2.94. The number of hydrogen-bond acceptors (Lipinski definition) is 5. The molecule has 0 aliphatic rings. The molecule has 0 saturated carbocycles. The van der Waals surface area contributed by atoms with Crippen molar-refractivity contribution in [2.45, 2.75) is 6.61 Å². The van der Waals surface area contributed by atoms with Crippen molar-refractivity contribution >= 4 is 33.0 Å². The summed E-state index contributed by atoms with van der Waals surface area (Å²) >= 11 is 5.82. The third-order valence-corrected chi connectivity index (χ3v) is 4.86. The molecule has 9 heteroatoms. The second-order valence-electron chi connectivity index (χ2n) is 5.17. The van der Waals surface area contributed by atoms with Gasteiger partial charge in [-0.2, -0.15) is 4.98 Å². The average molecular weight is 367 g/mol. The molecule has 0 bridgehead atoms. The Balaban J connectivity index is 1.90. The SMILES string of the molecule is CN(c1ccccc1COc1cccn2nc(Cl)nc12)S(C)(=O)=O. The molecule has 0 aliphatic heterocycles. The molecule has 0 unspecified atom stereocenters. The highest BCUT2D eigenvalue weighted by Gasteiger charge is 2.16. The first-order valence-electron chi connectivity index (χ1n) is 7.02. The van der Waals surface area contributed by atoms with Crippen LogP contribution in [0.1, 0.15) is 5.56 Å².